The van der Waals surface area contributed by atoms with Gasteiger partial charge in [0.15, 0.2) is 5.03 Å². The summed E-state index contributed by atoms with van der Waals surface area (Å²) >= 11 is 5.91. The third-order valence-corrected chi connectivity index (χ3v) is 2.84. The Morgan fingerprint density at radius 1 is 1.50 bits per heavy atom. The second kappa shape index (κ2) is 5.42. The maximum absolute atomic E-state index is 11.4. The van der Waals surface area contributed by atoms with E-state index in [9.17, 15) is 4.79 Å². The van der Waals surface area contributed by atoms with Gasteiger partial charge in [0.2, 0.25) is 6.29 Å². The van der Waals surface area contributed by atoms with Crippen molar-refractivity contribution in [2.75, 3.05) is 11.9 Å². The zero-order valence-electron chi connectivity index (χ0n) is 10.2. The number of carbonyl (C=O) groups is 1. The van der Waals surface area contributed by atoms with Gasteiger partial charge in [-0.25, -0.2) is 4.79 Å². The molecule has 0 saturated heterocycles. The van der Waals surface area contributed by atoms with E-state index in [2.05, 4.69) is 5.32 Å². The Balaban J connectivity index is 2.22. The quantitative estimate of drug-likeness (QED) is 0.852. The molecule has 0 saturated carbocycles. The minimum atomic E-state index is -0.754. The van der Waals surface area contributed by atoms with E-state index < -0.39 is 12.3 Å². The molecule has 18 heavy (non-hydrogen) atoms. The Labute approximate surface area is 111 Å². The highest BCUT2D eigenvalue weighted by atomic mass is 35.5. The van der Waals surface area contributed by atoms with Crippen LogP contribution in [0.3, 0.4) is 0 Å². The smallest absolute Gasteiger partial charge is 0.354 e. The maximum atomic E-state index is 11.4. The van der Waals surface area contributed by atoms with Crippen molar-refractivity contribution in [2.24, 2.45) is 0 Å². The number of aryl methyl sites for hydroxylation is 1. The van der Waals surface area contributed by atoms with Crippen molar-refractivity contribution in [2.45, 2.75) is 20.1 Å². The fourth-order valence-corrected chi connectivity index (χ4v) is 1.86. The van der Waals surface area contributed by atoms with Crippen LogP contribution in [0.2, 0.25) is 0 Å². The molecule has 0 bridgehead atoms. The second-order valence-electron chi connectivity index (χ2n) is 3.91. The van der Waals surface area contributed by atoms with Gasteiger partial charge in [0, 0.05) is 12.3 Å². The Morgan fingerprint density at radius 3 is 2.94 bits per heavy atom. The number of nitrogens with one attached hydrogen (secondary N) is 1. The molecule has 0 aliphatic carbocycles. The molecule has 0 fully saturated rings. The lowest BCUT2D eigenvalue weighted by Gasteiger charge is -2.15. The number of halogens is 1. The van der Waals surface area contributed by atoms with Crippen molar-refractivity contribution in [3.05, 3.63) is 40.6 Å². The summed E-state index contributed by atoms with van der Waals surface area (Å²) in [6, 6.07) is 7.73. The largest absolute Gasteiger partial charge is 0.425 e. The van der Waals surface area contributed by atoms with Gasteiger partial charge in [-0.15, -0.1) is 0 Å². The maximum Gasteiger partial charge on any atom is 0.354 e. The first-order valence-electron chi connectivity index (χ1n) is 5.67. The molecule has 1 aliphatic heterocycles. The predicted molar refractivity (Wildman–Crippen MR) is 69.2 cm³/mol. The lowest BCUT2D eigenvalue weighted by atomic mass is 10.2. The SMILES string of the molecule is CCOC1OC(=O)C(Cl)=C1Nc1cccc(C)c1. The number of cyclic esters (lactones) is 1. The first kappa shape index (κ1) is 12.9. The van der Waals surface area contributed by atoms with Gasteiger partial charge in [0.05, 0.1) is 0 Å². The summed E-state index contributed by atoms with van der Waals surface area (Å²) < 4.78 is 10.3. The second-order valence-corrected chi connectivity index (χ2v) is 4.29. The molecule has 4 nitrogen and oxygen atoms in total. The zero-order chi connectivity index (χ0) is 13.1. The summed E-state index contributed by atoms with van der Waals surface area (Å²) in [5, 5.41) is 3.11. The molecular weight excluding hydrogens is 254 g/mol. The van der Waals surface area contributed by atoms with Gasteiger partial charge in [-0.3, -0.25) is 0 Å². The fraction of sp³-hybridized carbons (Fsp3) is 0.308. The van der Waals surface area contributed by atoms with E-state index in [1.165, 1.54) is 0 Å². The summed E-state index contributed by atoms with van der Waals surface area (Å²) in [5.41, 5.74) is 2.40. The normalized spacial score (nSPS) is 19.1. The molecule has 1 atom stereocenters. The van der Waals surface area contributed by atoms with Crippen LogP contribution in [0.4, 0.5) is 5.69 Å². The van der Waals surface area contributed by atoms with Crippen LogP contribution in [0.15, 0.2) is 35.0 Å². The summed E-state index contributed by atoms with van der Waals surface area (Å²) in [4.78, 5) is 11.4. The van der Waals surface area contributed by atoms with Crippen LogP contribution in [-0.4, -0.2) is 18.9 Å². The lowest BCUT2D eigenvalue weighted by molar-refractivity contribution is -0.158. The number of rotatable bonds is 4. The van der Waals surface area contributed by atoms with Gasteiger partial charge in [0.1, 0.15) is 5.70 Å². The van der Waals surface area contributed by atoms with Crippen molar-refractivity contribution < 1.29 is 14.3 Å². The van der Waals surface area contributed by atoms with Gasteiger partial charge in [-0.05, 0) is 31.5 Å². The molecule has 0 amide bonds. The average molecular weight is 268 g/mol. The highest BCUT2D eigenvalue weighted by Crippen LogP contribution is 2.28. The van der Waals surface area contributed by atoms with Gasteiger partial charge in [-0.2, -0.15) is 0 Å². The molecule has 0 aromatic heterocycles. The molecule has 1 aliphatic rings. The topological polar surface area (TPSA) is 47.6 Å². The Hall–Kier alpha value is -1.52. The molecule has 0 spiro atoms. The Kier molecular flexibility index (Phi) is 3.89. The molecule has 1 aromatic rings. The van der Waals surface area contributed by atoms with E-state index in [0.29, 0.717) is 12.3 Å². The monoisotopic (exact) mass is 267 g/mol. The van der Waals surface area contributed by atoms with Crippen LogP contribution < -0.4 is 5.32 Å². The Bertz CT molecular complexity index is 499. The molecule has 0 radical (unpaired) electrons. The van der Waals surface area contributed by atoms with E-state index in [0.717, 1.165) is 11.3 Å². The minimum absolute atomic E-state index is 0.0370. The molecule has 2 rings (SSSR count). The lowest BCUT2D eigenvalue weighted by Crippen LogP contribution is -2.20. The van der Waals surface area contributed by atoms with Crippen molar-refractivity contribution in [3.8, 4) is 0 Å². The van der Waals surface area contributed by atoms with Crippen LogP contribution >= 0.6 is 11.6 Å². The molecule has 5 heteroatoms. The molecule has 1 heterocycles. The number of ether oxygens (including phenoxy) is 2. The Morgan fingerprint density at radius 2 is 2.28 bits per heavy atom. The highest BCUT2D eigenvalue weighted by Gasteiger charge is 2.34. The first-order valence-corrected chi connectivity index (χ1v) is 6.05. The molecule has 1 N–H and O–H groups in total. The van der Waals surface area contributed by atoms with Gasteiger partial charge < -0.3 is 14.8 Å². The van der Waals surface area contributed by atoms with Crippen molar-refractivity contribution in [3.63, 3.8) is 0 Å². The number of hydrogen-bond donors (Lipinski definition) is 1. The summed E-state index contributed by atoms with van der Waals surface area (Å²) in [6.45, 7) is 4.24. The van der Waals surface area contributed by atoms with E-state index >= 15 is 0 Å². The predicted octanol–water partition coefficient (Wildman–Crippen LogP) is 2.78. The van der Waals surface area contributed by atoms with Crippen molar-refractivity contribution in [1.29, 1.82) is 0 Å². The van der Waals surface area contributed by atoms with Crippen LogP contribution in [-0.2, 0) is 14.3 Å². The zero-order valence-corrected chi connectivity index (χ0v) is 11.0. The highest BCUT2D eigenvalue weighted by molar-refractivity contribution is 6.42. The standard InChI is InChI=1S/C13H14ClNO3/c1-3-17-13-11(10(14)12(16)18-13)15-9-6-4-5-8(2)7-9/h4-7,13,15H,3H2,1-2H3. The van der Waals surface area contributed by atoms with Crippen LogP contribution in [0.5, 0.6) is 0 Å². The molecular formula is C13H14ClNO3. The van der Waals surface area contributed by atoms with Gasteiger partial charge in [0.25, 0.3) is 0 Å². The third kappa shape index (κ3) is 2.66. The average Bonchev–Trinajstić information content (AvgIpc) is 2.58. The first-order chi connectivity index (χ1) is 8.61. The van der Waals surface area contributed by atoms with Gasteiger partial charge >= 0.3 is 5.97 Å². The fourth-order valence-electron chi connectivity index (χ4n) is 1.68. The van der Waals surface area contributed by atoms with Crippen LogP contribution in [0.25, 0.3) is 0 Å². The number of benzene rings is 1. The molecule has 1 unspecified atom stereocenters. The minimum Gasteiger partial charge on any atom is -0.425 e. The van der Waals surface area contributed by atoms with Crippen molar-refractivity contribution in [1.82, 2.24) is 0 Å². The van der Waals surface area contributed by atoms with Crippen LogP contribution in [0.1, 0.15) is 12.5 Å². The van der Waals surface area contributed by atoms with Crippen molar-refractivity contribution >= 4 is 23.3 Å². The number of anilines is 1. The number of hydrogen-bond acceptors (Lipinski definition) is 4. The summed E-state index contributed by atoms with van der Waals surface area (Å²) in [6.07, 6.45) is -0.754. The van der Waals surface area contributed by atoms with E-state index in [-0.39, 0.29) is 5.03 Å². The number of esters is 1. The molecule has 1 aromatic carbocycles. The third-order valence-electron chi connectivity index (χ3n) is 2.48. The molecule has 96 valence electrons. The summed E-state index contributed by atoms with van der Waals surface area (Å²) in [5.74, 6) is -0.565. The number of carbonyl (C=O) groups excluding carboxylic acids is 1. The summed E-state index contributed by atoms with van der Waals surface area (Å²) in [7, 11) is 0. The van der Waals surface area contributed by atoms with E-state index in [1.54, 1.807) is 0 Å². The van der Waals surface area contributed by atoms with Gasteiger partial charge in [-0.1, -0.05) is 23.7 Å². The van der Waals surface area contributed by atoms with E-state index in [1.807, 2.05) is 38.1 Å². The van der Waals surface area contributed by atoms with E-state index in [4.69, 9.17) is 21.1 Å². The van der Waals surface area contributed by atoms with Crippen LogP contribution in [0, 0.1) is 6.92 Å².